The Morgan fingerprint density at radius 3 is 2.28 bits per heavy atom. The Bertz CT molecular complexity index is 938. The highest BCUT2D eigenvalue weighted by Crippen LogP contribution is 2.22. The number of rotatable bonds is 8. The highest BCUT2D eigenvalue weighted by Gasteiger charge is 2.07. The molecule has 0 saturated heterocycles. The van der Waals surface area contributed by atoms with Crippen LogP contribution in [0.4, 0.5) is 11.4 Å². The number of para-hydroxylation sites is 1. The SMILES string of the molecule is CC(C)C(=O)Nc1ccc(NCc2ccccc2OCc2ccc(Cl)cc2)cc1. The summed E-state index contributed by atoms with van der Waals surface area (Å²) in [6.07, 6.45) is 0. The van der Waals surface area contributed by atoms with E-state index >= 15 is 0 Å². The fourth-order valence-electron chi connectivity index (χ4n) is 2.69. The van der Waals surface area contributed by atoms with Gasteiger partial charge in [-0.25, -0.2) is 0 Å². The molecule has 3 aromatic rings. The highest BCUT2D eigenvalue weighted by molar-refractivity contribution is 6.30. The van der Waals surface area contributed by atoms with Crippen LogP contribution in [0.15, 0.2) is 72.8 Å². The molecule has 4 nitrogen and oxygen atoms in total. The third-order valence-electron chi connectivity index (χ3n) is 4.44. The molecule has 3 rings (SSSR count). The Morgan fingerprint density at radius 2 is 1.59 bits per heavy atom. The van der Waals surface area contributed by atoms with Crippen LogP contribution in [-0.2, 0) is 17.9 Å². The van der Waals surface area contributed by atoms with E-state index in [0.717, 1.165) is 28.3 Å². The van der Waals surface area contributed by atoms with Crippen molar-refractivity contribution in [2.75, 3.05) is 10.6 Å². The molecule has 0 spiro atoms. The van der Waals surface area contributed by atoms with Gasteiger partial charge in [-0.3, -0.25) is 4.79 Å². The minimum atomic E-state index is -0.0443. The number of hydrogen-bond acceptors (Lipinski definition) is 3. The third kappa shape index (κ3) is 6.26. The molecule has 0 atom stereocenters. The number of benzene rings is 3. The largest absolute Gasteiger partial charge is 0.489 e. The fraction of sp³-hybridized carbons (Fsp3) is 0.208. The Kier molecular flexibility index (Phi) is 7.14. The van der Waals surface area contributed by atoms with E-state index in [4.69, 9.17) is 16.3 Å². The maximum absolute atomic E-state index is 11.8. The summed E-state index contributed by atoms with van der Waals surface area (Å²) < 4.78 is 6.01. The van der Waals surface area contributed by atoms with Crippen LogP contribution in [0.25, 0.3) is 0 Å². The van der Waals surface area contributed by atoms with E-state index in [9.17, 15) is 4.79 Å². The zero-order valence-corrected chi connectivity index (χ0v) is 17.4. The zero-order valence-electron chi connectivity index (χ0n) is 16.6. The molecule has 2 N–H and O–H groups in total. The van der Waals surface area contributed by atoms with Crippen molar-refractivity contribution in [2.24, 2.45) is 5.92 Å². The van der Waals surface area contributed by atoms with Crippen molar-refractivity contribution in [1.82, 2.24) is 0 Å². The summed E-state index contributed by atoms with van der Waals surface area (Å²) >= 11 is 5.93. The number of nitrogens with one attached hydrogen (secondary N) is 2. The van der Waals surface area contributed by atoms with Crippen LogP contribution in [0.2, 0.25) is 5.02 Å². The molecule has 1 amide bonds. The van der Waals surface area contributed by atoms with Gasteiger partial charge in [-0.05, 0) is 48.0 Å². The van der Waals surface area contributed by atoms with E-state index in [-0.39, 0.29) is 11.8 Å². The maximum atomic E-state index is 11.8. The molecule has 0 heterocycles. The molecule has 0 saturated carbocycles. The van der Waals surface area contributed by atoms with E-state index < -0.39 is 0 Å². The quantitative estimate of drug-likeness (QED) is 0.471. The highest BCUT2D eigenvalue weighted by atomic mass is 35.5. The second kappa shape index (κ2) is 9.99. The third-order valence-corrected chi connectivity index (χ3v) is 4.69. The molecular weight excluding hydrogens is 384 g/mol. The summed E-state index contributed by atoms with van der Waals surface area (Å²) in [5.41, 5.74) is 3.90. The molecule has 0 aliphatic rings. The van der Waals surface area contributed by atoms with Crippen molar-refractivity contribution in [2.45, 2.75) is 27.0 Å². The first kappa shape index (κ1) is 20.7. The monoisotopic (exact) mass is 408 g/mol. The number of halogens is 1. The van der Waals surface area contributed by atoms with Gasteiger partial charge in [0.1, 0.15) is 12.4 Å². The summed E-state index contributed by atoms with van der Waals surface area (Å²) in [6.45, 7) is 4.86. The van der Waals surface area contributed by atoms with Gasteiger partial charge < -0.3 is 15.4 Å². The molecule has 0 aromatic heterocycles. The lowest BCUT2D eigenvalue weighted by atomic mass is 10.2. The maximum Gasteiger partial charge on any atom is 0.226 e. The zero-order chi connectivity index (χ0) is 20.6. The van der Waals surface area contributed by atoms with Crippen molar-refractivity contribution in [3.63, 3.8) is 0 Å². The molecule has 0 aliphatic carbocycles. The summed E-state index contributed by atoms with van der Waals surface area (Å²) in [7, 11) is 0. The van der Waals surface area contributed by atoms with Crippen LogP contribution in [0.3, 0.4) is 0 Å². The molecule has 0 bridgehead atoms. The normalized spacial score (nSPS) is 10.6. The van der Waals surface area contributed by atoms with E-state index in [1.807, 2.05) is 86.6 Å². The van der Waals surface area contributed by atoms with E-state index in [1.165, 1.54) is 0 Å². The van der Waals surface area contributed by atoms with Crippen molar-refractivity contribution in [3.8, 4) is 5.75 Å². The van der Waals surface area contributed by atoms with Gasteiger partial charge in [0.25, 0.3) is 0 Å². The van der Waals surface area contributed by atoms with Gasteiger partial charge in [-0.2, -0.15) is 0 Å². The minimum absolute atomic E-state index is 0.0115. The lowest BCUT2D eigenvalue weighted by Gasteiger charge is -2.13. The first-order chi connectivity index (χ1) is 14.0. The van der Waals surface area contributed by atoms with Crippen molar-refractivity contribution in [1.29, 1.82) is 0 Å². The van der Waals surface area contributed by atoms with Crippen LogP contribution in [0.5, 0.6) is 5.75 Å². The predicted molar refractivity (Wildman–Crippen MR) is 119 cm³/mol. The van der Waals surface area contributed by atoms with Gasteiger partial charge in [0.05, 0.1) is 0 Å². The van der Waals surface area contributed by atoms with Gasteiger partial charge in [0, 0.05) is 34.4 Å². The summed E-state index contributed by atoms with van der Waals surface area (Å²) in [6, 6.07) is 23.3. The Balaban J connectivity index is 1.58. The van der Waals surface area contributed by atoms with Gasteiger partial charge in [0.2, 0.25) is 5.91 Å². The topological polar surface area (TPSA) is 50.4 Å². The molecule has 0 fully saturated rings. The van der Waals surface area contributed by atoms with Crippen molar-refractivity contribution >= 4 is 28.9 Å². The second-order valence-corrected chi connectivity index (χ2v) is 7.53. The van der Waals surface area contributed by atoms with E-state index in [1.54, 1.807) is 0 Å². The Morgan fingerprint density at radius 1 is 0.931 bits per heavy atom. The van der Waals surface area contributed by atoms with E-state index in [2.05, 4.69) is 10.6 Å². The number of carbonyl (C=O) groups is 1. The average Bonchev–Trinajstić information content (AvgIpc) is 2.73. The number of hydrogen-bond donors (Lipinski definition) is 2. The summed E-state index contributed by atoms with van der Waals surface area (Å²) in [4.78, 5) is 11.8. The van der Waals surface area contributed by atoms with Gasteiger partial charge in [0.15, 0.2) is 0 Å². The number of anilines is 2. The van der Waals surface area contributed by atoms with E-state index in [0.29, 0.717) is 18.2 Å². The number of amides is 1. The lowest BCUT2D eigenvalue weighted by Crippen LogP contribution is -2.17. The lowest BCUT2D eigenvalue weighted by molar-refractivity contribution is -0.118. The first-order valence-corrected chi connectivity index (χ1v) is 9.99. The summed E-state index contributed by atoms with van der Waals surface area (Å²) in [5, 5.41) is 7.01. The smallest absolute Gasteiger partial charge is 0.226 e. The summed E-state index contributed by atoms with van der Waals surface area (Å²) in [5.74, 6) is 0.811. The fourth-order valence-corrected chi connectivity index (χ4v) is 2.81. The standard InChI is InChI=1S/C24H25ClN2O2/c1-17(2)24(28)27-22-13-11-21(12-14-22)26-15-19-5-3-4-6-23(19)29-16-18-7-9-20(25)10-8-18/h3-14,17,26H,15-16H2,1-2H3,(H,27,28). The number of ether oxygens (including phenoxy) is 1. The molecule has 150 valence electrons. The Labute approximate surface area is 176 Å². The van der Waals surface area contributed by atoms with Crippen LogP contribution >= 0.6 is 11.6 Å². The van der Waals surface area contributed by atoms with Crippen LogP contribution in [0.1, 0.15) is 25.0 Å². The number of carbonyl (C=O) groups excluding carboxylic acids is 1. The molecule has 0 unspecified atom stereocenters. The average molecular weight is 409 g/mol. The van der Waals surface area contributed by atoms with Gasteiger partial charge >= 0.3 is 0 Å². The van der Waals surface area contributed by atoms with Gasteiger partial charge in [-0.15, -0.1) is 0 Å². The van der Waals surface area contributed by atoms with Crippen LogP contribution < -0.4 is 15.4 Å². The molecular formula is C24H25ClN2O2. The van der Waals surface area contributed by atoms with Crippen LogP contribution in [0, 0.1) is 5.92 Å². The molecule has 29 heavy (non-hydrogen) atoms. The molecule has 0 radical (unpaired) electrons. The minimum Gasteiger partial charge on any atom is -0.489 e. The molecule has 0 aliphatic heterocycles. The van der Waals surface area contributed by atoms with Gasteiger partial charge in [-0.1, -0.05) is 55.8 Å². The second-order valence-electron chi connectivity index (χ2n) is 7.10. The molecule has 5 heteroatoms. The van der Waals surface area contributed by atoms with Crippen molar-refractivity contribution < 1.29 is 9.53 Å². The predicted octanol–water partition coefficient (Wildman–Crippen LogP) is 6.13. The van der Waals surface area contributed by atoms with Crippen molar-refractivity contribution in [3.05, 3.63) is 88.9 Å². The first-order valence-electron chi connectivity index (χ1n) is 9.61. The van der Waals surface area contributed by atoms with Crippen LogP contribution in [-0.4, -0.2) is 5.91 Å². The molecule has 3 aromatic carbocycles. The Hall–Kier alpha value is -2.98.